The summed E-state index contributed by atoms with van der Waals surface area (Å²) in [6, 6.07) is 17.3. The standard InChI is InChI=1S/C12H10.C4H4S/c1-3-9-4-2-6-11-8-7-10(5-1)12(9)11;1-2-4-5-3-1/h1-6H,7-8H2;1-4H. The Balaban J connectivity index is 0.000000153. The Bertz CT molecular complexity index is 553. The zero-order valence-corrected chi connectivity index (χ0v) is 10.4. The summed E-state index contributed by atoms with van der Waals surface area (Å²) in [5, 5.41) is 7.00. The molecule has 0 saturated carbocycles. The molecule has 0 aliphatic heterocycles. The highest BCUT2D eigenvalue weighted by molar-refractivity contribution is 7.07. The SMILES string of the molecule is c1cc2c3c(cccc3c1)CC2.c1ccsc1. The maximum atomic E-state index is 2.25. The molecule has 0 fully saturated rings. The third-order valence-corrected chi connectivity index (χ3v) is 3.79. The molecule has 0 radical (unpaired) electrons. The van der Waals surface area contributed by atoms with E-state index in [1.807, 2.05) is 22.9 Å². The van der Waals surface area contributed by atoms with Gasteiger partial charge in [0.25, 0.3) is 0 Å². The second-order valence-corrected chi connectivity index (χ2v) is 5.04. The molecule has 0 amide bonds. The van der Waals surface area contributed by atoms with Gasteiger partial charge in [-0.1, -0.05) is 48.5 Å². The van der Waals surface area contributed by atoms with Gasteiger partial charge in [-0.15, -0.1) is 0 Å². The number of hydrogen-bond donors (Lipinski definition) is 0. The number of hydrogen-bond acceptors (Lipinski definition) is 1. The van der Waals surface area contributed by atoms with Gasteiger partial charge >= 0.3 is 0 Å². The normalized spacial score (nSPS) is 12.2. The predicted octanol–water partition coefficient (Wildman–Crippen LogP) is 4.69. The first-order valence-electron chi connectivity index (χ1n) is 5.92. The van der Waals surface area contributed by atoms with E-state index >= 15 is 0 Å². The van der Waals surface area contributed by atoms with Crippen molar-refractivity contribution in [1.29, 1.82) is 0 Å². The molecule has 0 unspecified atom stereocenters. The zero-order valence-electron chi connectivity index (χ0n) is 9.60. The highest BCUT2D eigenvalue weighted by Crippen LogP contribution is 2.29. The fourth-order valence-electron chi connectivity index (χ4n) is 2.41. The van der Waals surface area contributed by atoms with E-state index in [-0.39, 0.29) is 0 Å². The summed E-state index contributed by atoms with van der Waals surface area (Å²) in [6.07, 6.45) is 2.47. The number of rotatable bonds is 0. The van der Waals surface area contributed by atoms with Crippen LogP contribution in [0.5, 0.6) is 0 Å². The summed E-state index contributed by atoms with van der Waals surface area (Å²) < 4.78 is 0. The summed E-state index contributed by atoms with van der Waals surface area (Å²) in [6.45, 7) is 0. The van der Waals surface area contributed by atoms with Gasteiger partial charge in [0.2, 0.25) is 0 Å². The van der Waals surface area contributed by atoms with Crippen LogP contribution in [0.25, 0.3) is 10.8 Å². The Labute approximate surface area is 106 Å². The van der Waals surface area contributed by atoms with E-state index in [4.69, 9.17) is 0 Å². The molecule has 0 bridgehead atoms. The van der Waals surface area contributed by atoms with Gasteiger partial charge in [-0.2, -0.15) is 11.3 Å². The van der Waals surface area contributed by atoms with Crippen molar-refractivity contribution in [3.8, 4) is 0 Å². The highest BCUT2D eigenvalue weighted by Gasteiger charge is 2.11. The summed E-state index contributed by atoms with van der Waals surface area (Å²) in [5.74, 6) is 0. The van der Waals surface area contributed by atoms with Crippen LogP contribution in [-0.4, -0.2) is 0 Å². The predicted molar refractivity (Wildman–Crippen MR) is 75.7 cm³/mol. The van der Waals surface area contributed by atoms with Crippen LogP contribution in [-0.2, 0) is 12.8 Å². The molecule has 1 aliphatic rings. The molecule has 1 aliphatic carbocycles. The fraction of sp³-hybridized carbons (Fsp3) is 0.125. The van der Waals surface area contributed by atoms with Crippen molar-refractivity contribution in [3.63, 3.8) is 0 Å². The quantitative estimate of drug-likeness (QED) is 0.533. The molecule has 1 aromatic heterocycles. The van der Waals surface area contributed by atoms with E-state index in [1.165, 1.54) is 34.7 Å². The van der Waals surface area contributed by atoms with Gasteiger partial charge in [0.15, 0.2) is 0 Å². The van der Waals surface area contributed by atoms with Gasteiger partial charge < -0.3 is 0 Å². The lowest BCUT2D eigenvalue weighted by molar-refractivity contribution is 1.02. The van der Waals surface area contributed by atoms with Crippen LogP contribution in [0.3, 0.4) is 0 Å². The molecule has 4 rings (SSSR count). The number of thiophene rings is 1. The molecule has 2 aromatic carbocycles. The molecule has 0 atom stereocenters. The van der Waals surface area contributed by atoms with Crippen LogP contribution in [0.2, 0.25) is 0 Å². The average molecular weight is 238 g/mol. The third kappa shape index (κ3) is 2.11. The van der Waals surface area contributed by atoms with Gasteiger partial charge in [-0.25, -0.2) is 0 Å². The lowest BCUT2D eigenvalue weighted by atomic mass is 10.1. The topological polar surface area (TPSA) is 0 Å². The molecule has 1 heteroatoms. The van der Waals surface area contributed by atoms with E-state index in [0.29, 0.717) is 0 Å². The molecule has 0 nitrogen and oxygen atoms in total. The van der Waals surface area contributed by atoms with Crippen LogP contribution in [0.15, 0.2) is 59.3 Å². The Morgan fingerprint density at radius 1 is 0.706 bits per heavy atom. The minimum atomic E-state index is 1.23. The summed E-state index contributed by atoms with van der Waals surface area (Å²) >= 11 is 1.71. The Morgan fingerprint density at radius 3 is 1.76 bits per heavy atom. The monoisotopic (exact) mass is 238 g/mol. The van der Waals surface area contributed by atoms with Crippen molar-refractivity contribution in [2.24, 2.45) is 0 Å². The molecule has 0 saturated heterocycles. The second-order valence-electron chi connectivity index (χ2n) is 4.23. The Morgan fingerprint density at radius 2 is 1.29 bits per heavy atom. The van der Waals surface area contributed by atoms with Crippen molar-refractivity contribution in [2.75, 3.05) is 0 Å². The zero-order chi connectivity index (χ0) is 11.5. The van der Waals surface area contributed by atoms with E-state index < -0.39 is 0 Å². The van der Waals surface area contributed by atoms with Crippen molar-refractivity contribution in [3.05, 3.63) is 70.4 Å². The van der Waals surface area contributed by atoms with Gasteiger partial charge in [-0.05, 0) is 45.5 Å². The largest absolute Gasteiger partial charge is 0.152 e. The molecule has 0 spiro atoms. The Hall–Kier alpha value is -1.60. The molecule has 17 heavy (non-hydrogen) atoms. The minimum absolute atomic E-state index is 1.23. The van der Waals surface area contributed by atoms with E-state index in [9.17, 15) is 0 Å². The summed E-state index contributed by atoms with van der Waals surface area (Å²) in [5.41, 5.74) is 3.06. The van der Waals surface area contributed by atoms with Crippen molar-refractivity contribution < 1.29 is 0 Å². The molecule has 84 valence electrons. The van der Waals surface area contributed by atoms with Crippen molar-refractivity contribution in [2.45, 2.75) is 12.8 Å². The summed E-state index contributed by atoms with van der Waals surface area (Å²) in [7, 11) is 0. The molecule has 0 N–H and O–H groups in total. The lowest BCUT2D eigenvalue weighted by Gasteiger charge is -1.99. The first kappa shape index (κ1) is 10.5. The second kappa shape index (κ2) is 4.72. The number of benzene rings is 2. The van der Waals surface area contributed by atoms with E-state index in [0.717, 1.165) is 0 Å². The smallest absolute Gasteiger partial charge is 0.00934 e. The lowest BCUT2D eigenvalue weighted by Crippen LogP contribution is -1.76. The molecule has 3 aromatic rings. The Kier molecular flexibility index (Phi) is 2.93. The number of aryl methyl sites for hydroxylation is 2. The minimum Gasteiger partial charge on any atom is -0.152 e. The van der Waals surface area contributed by atoms with E-state index in [2.05, 4.69) is 36.4 Å². The highest BCUT2D eigenvalue weighted by atomic mass is 32.1. The first-order chi connectivity index (χ1) is 8.45. The van der Waals surface area contributed by atoms with E-state index in [1.54, 1.807) is 11.3 Å². The fourth-order valence-corrected chi connectivity index (χ4v) is 2.87. The van der Waals surface area contributed by atoms with Crippen LogP contribution in [0.1, 0.15) is 11.1 Å². The summed E-state index contributed by atoms with van der Waals surface area (Å²) in [4.78, 5) is 0. The van der Waals surface area contributed by atoms with Gasteiger partial charge in [-0.3, -0.25) is 0 Å². The maximum absolute atomic E-state index is 2.25. The third-order valence-electron chi connectivity index (χ3n) is 3.17. The van der Waals surface area contributed by atoms with Gasteiger partial charge in [0, 0.05) is 0 Å². The van der Waals surface area contributed by atoms with Crippen LogP contribution < -0.4 is 0 Å². The van der Waals surface area contributed by atoms with Crippen LogP contribution >= 0.6 is 11.3 Å². The van der Waals surface area contributed by atoms with Crippen LogP contribution in [0.4, 0.5) is 0 Å². The molecular formula is C16H14S. The maximum Gasteiger partial charge on any atom is -0.00934 e. The first-order valence-corrected chi connectivity index (χ1v) is 6.86. The van der Waals surface area contributed by atoms with Crippen molar-refractivity contribution >= 4 is 22.1 Å². The van der Waals surface area contributed by atoms with Crippen LogP contribution in [0, 0.1) is 0 Å². The average Bonchev–Trinajstić information content (AvgIpc) is 3.04. The van der Waals surface area contributed by atoms with Crippen molar-refractivity contribution in [1.82, 2.24) is 0 Å². The van der Waals surface area contributed by atoms with Gasteiger partial charge in [0.05, 0.1) is 0 Å². The van der Waals surface area contributed by atoms with Gasteiger partial charge in [0.1, 0.15) is 0 Å². The molecule has 1 heterocycles. The molecular weight excluding hydrogens is 224 g/mol.